The minimum absolute atomic E-state index is 0.0523. The van der Waals surface area contributed by atoms with Gasteiger partial charge in [-0.25, -0.2) is 4.39 Å². The molecule has 3 heterocycles. The van der Waals surface area contributed by atoms with Gasteiger partial charge in [0.15, 0.2) is 0 Å². The van der Waals surface area contributed by atoms with Crippen molar-refractivity contribution in [3.8, 4) is 0 Å². The van der Waals surface area contributed by atoms with Crippen LogP contribution in [0.2, 0.25) is 0 Å². The van der Waals surface area contributed by atoms with Gasteiger partial charge in [0.1, 0.15) is 16.8 Å². The number of nitrogens with one attached hydrogen (secondary N) is 1. The van der Waals surface area contributed by atoms with E-state index < -0.39 is 6.17 Å². The summed E-state index contributed by atoms with van der Waals surface area (Å²) in [5.41, 5.74) is 1.81. The second-order valence-electron chi connectivity index (χ2n) is 5.71. The fourth-order valence-corrected chi connectivity index (χ4v) is 3.26. The molecule has 0 saturated carbocycles. The van der Waals surface area contributed by atoms with Crippen LogP contribution in [-0.2, 0) is 6.54 Å². The summed E-state index contributed by atoms with van der Waals surface area (Å²) in [6.07, 6.45) is 0.946. The van der Waals surface area contributed by atoms with E-state index in [2.05, 4.69) is 20.1 Å². The maximum Gasteiger partial charge on any atom is 0.264 e. The first kappa shape index (κ1) is 16.0. The highest BCUT2D eigenvalue weighted by molar-refractivity contribution is 7.07. The molecule has 1 N–H and O–H groups in total. The van der Waals surface area contributed by atoms with E-state index in [0.717, 1.165) is 28.6 Å². The molecule has 2 aromatic rings. The van der Waals surface area contributed by atoms with Gasteiger partial charge in [0.25, 0.3) is 5.91 Å². The average Bonchev–Trinajstić information content (AvgIpc) is 3.23. The number of likely N-dealkylation sites (tertiary alicyclic amines) is 1. The van der Waals surface area contributed by atoms with Crippen LogP contribution in [0.1, 0.15) is 33.1 Å². The molecule has 23 heavy (non-hydrogen) atoms. The number of alkyl halides is 1. The summed E-state index contributed by atoms with van der Waals surface area (Å²) in [6.45, 7) is 5.05. The first-order valence-corrected chi connectivity index (χ1v) is 8.17. The Balaban J connectivity index is 1.62. The van der Waals surface area contributed by atoms with Crippen LogP contribution in [0.15, 0.2) is 10.7 Å². The molecule has 0 aliphatic carbocycles. The lowest BCUT2D eigenvalue weighted by Crippen LogP contribution is -2.39. The summed E-state index contributed by atoms with van der Waals surface area (Å²) in [6, 6.07) is -0.0523. The molecule has 124 valence electrons. The van der Waals surface area contributed by atoms with Crippen LogP contribution in [0.3, 0.4) is 0 Å². The standard InChI is InChI=1S/C14H18FN5O2S/c1-8-12(9(2)22-18-8)7-20-6-10(15)3-11(20)4-16-14(21)13-5-17-19-23-13/h5,10-11H,3-4,6-7H2,1-2H3,(H,16,21)/t10-,11-/m0/s1. The maximum atomic E-state index is 13.8. The van der Waals surface area contributed by atoms with Crippen molar-refractivity contribution in [2.75, 3.05) is 13.1 Å². The van der Waals surface area contributed by atoms with E-state index >= 15 is 0 Å². The molecule has 7 nitrogen and oxygen atoms in total. The zero-order chi connectivity index (χ0) is 16.4. The van der Waals surface area contributed by atoms with Gasteiger partial charge in [0.05, 0.1) is 11.9 Å². The van der Waals surface area contributed by atoms with Gasteiger partial charge < -0.3 is 9.84 Å². The van der Waals surface area contributed by atoms with E-state index in [0.29, 0.717) is 30.9 Å². The third-order valence-corrected chi connectivity index (χ3v) is 4.77. The monoisotopic (exact) mass is 339 g/mol. The molecule has 0 bridgehead atoms. The van der Waals surface area contributed by atoms with E-state index in [-0.39, 0.29) is 11.9 Å². The van der Waals surface area contributed by atoms with E-state index in [1.54, 1.807) is 0 Å². The Labute approximate surface area is 137 Å². The van der Waals surface area contributed by atoms with Crippen LogP contribution < -0.4 is 5.32 Å². The molecular formula is C14H18FN5O2S. The second kappa shape index (κ2) is 6.71. The molecule has 2 atom stereocenters. The average molecular weight is 339 g/mol. The van der Waals surface area contributed by atoms with Gasteiger partial charge in [-0.2, -0.15) is 0 Å². The highest BCUT2D eigenvalue weighted by Crippen LogP contribution is 2.24. The van der Waals surface area contributed by atoms with E-state index in [1.807, 2.05) is 18.7 Å². The highest BCUT2D eigenvalue weighted by Gasteiger charge is 2.33. The summed E-state index contributed by atoms with van der Waals surface area (Å²) in [7, 11) is 0. The largest absolute Gasteiger partial charge is 0.361 e. The second-order valence-corrected chi connectivity index (χ2v) is 6.50. The van der Waals surface area contributed by atoms with Crippen molar-refractivity contribution < 1.29 is 13.7 Å². The number of halogens is 1. The lowest BCUT2D eigenvalue weighted by atomic mass is 10.1. The number of rotatable bonds is 5. The molecule has 1 fully saturated rings. The Morgan fingerprint density at radius 3 is 3.04 bits per heavy atom. The minimum atomic E-state index is -0.887. The van der Waals surface area contributed by atoms with Gasteiger partial charge in [-0.05, 0) is 31.8 Å². The number of nitrogens with zero attached hydrogens (tertiary/aromatic N) is 4. The van der Waals surface area contributed by atoms with Gasteiger partial charge in [0, 0.05) is 31.2 Å². The first-order valence-electron chi connectivity index (χ1n) is 7.40. The number of hydrogen-bond acceptors (Lipinski definition) is 7. The summed E-state index contributed by atoms with van der Waals surface area (Å²) in [5.74, 6) is 0.530. The van der Waals surface area contributed by atoms with Crippen molar-refractivity contribution in [3.63, 3.8) is 0 Å². The van der Waals surface area contributed by atoms with E-state index in [4.69, 9.17) is 4.52 Å². The molecule has 3 rings (SSSR count). The molecule has 1 aliphatic rings. The molecule has 9 heteroatoms. The van der Waals surface area contributed by atoms with Crippen molar-refractivity contribution in [3.05, 3.63) is 28.1 Å². The highest BCUT2D eigenvalue weighted by atomic mass is 32.1. The predicted molar refractivity (Wildman–Crippen MR) is 81.9 cm³/mol. The first-order chi connectivity index (χ1) is 11.0. The number of carbonyl (C=O) groups is 1. The van der Waals surface area contributed by atoms with Crippen LogP contribution in [0, 0.1) is 13.8 Å². The molecule has 1 amide bonds. The maximum absolute atomic E-state index is 13.8. The predicted octanol–water partition coefficient (Wildman–Crippen LogP) is 1.49. The molecule has 0 radical (unpaired) electrons. The van der Waals surface area contributed by atoms with Crippen molar-refractivity contribution in [2.24, 2.45) is 0 Å². The van der Waals surface area contributed by atoms with Crippen molar-refractivity contribution in [1.29, 1.82) is 0 Å². The minimum Gasteiger partial charge on any atom is -0.361 e. The number of hydrogen-bond donors (Lipinski definition) is 1. The Morgan fingerprint density at radius 2 is 2.39 bits per heavy atom. The fourth-order valence-electron chi connectivity index (χ4n) is 2.82. The third-order valence-electron chi connectivity index (χ3n) is 4.10. The van der Waals surface area contributed by atoms with Crippen LogP contribution in [0.25, 0.3) is 0 Å². The Morgan fingerprint density at radius 1 is 1.57 bits per heavy atom. The molecule has 0 aromatic carbocycles. The van der Waals surface area contributed by atoms with Crippen molar-refractivity contribution in [1.82, 2.24) is 25.0 Å². The van der Waals surface area contributed by atoms with Gasteiger partial charge in [-0.3, -0.25) is 9.69 Å². The Hall–Kier alpha value is -1.87. The summed E-state index contributed by atoms with van der Waals surface area (Å²) < 4.78 is 22.7. The SMILES string of the molecule is Cc1noc(C)c1CN1C[C@@H](F)C[C@H]1CNC(=O)c1cnns1. The van der Waals surface area contributed by atoms with Gasteiger partial charge in [-0.15, -0.1) is 5.10 Å². The third kappa shape index (κ3) is 3.56. The van der Waals surface area contributed by atoms with Crippen LogP contribution in [0.4, 0.5) is 4.39 Å². The molecule has 0 spiro atoms. The summed E-state index contributed by atoms with van der Waals surface area (Å²) in [4.78, 5) is 14.4. The number of aryl methyl sites for hydroxylation is 2. The summed E-state index contributed by atoms with van der Waals surface area (Å²) in [5, 5.41) is 10.4. The van der Waals surface area contributed by atoms with Gasteiger partial charge in [-0.1, -0.05) is 9.64 Å². The number of aromatic nitrogens is 3. The topological polar surface area (TPSA) is 84.2 Å². The molecule has 2 aromatic heterocycles. The molecule has 1 aliphatic heterocycles. The van der Waals surface area contributed by atoms with Gasteiger partial charge in [0.2, 0.25) is 0 Å². The quantitative estimate of drug-likeness (QED) is 0.888. The molecule has 0 unspecified atom stereocenters. The Kier molecular flexibility index (Phi) is 4.67. The summed E-state index contributed by atoms with van der Waals surface area (Å²) >= 11 is 1.04. The Bertz CT molecular complexity index is 655. The number of amides is 1. The molecular weight excluding hydrogens is 321 g/mol. The zero-order valence-corrected chi connectivity index (χ0v) is 13.8. The fraction of sp³-hybridized carbons (Fsp3) is 0.571. The van der Waals surface area contributed by atoms with Crippen molar-refractivity contribution in [2.45, 2.75) is 39.0 Å². The molecule has 1 saturated heterocycles. The zero-order valence-electron chi connectivity index (χ0n) is 13.0. The van der Waals surface area contributed by atoms with Crippen molar-refractivity contribution >= 4 is 17.4 Å². The van der Waals surface area contributed by atoms with Gasteiger partial charge >= 0.3 is 0 Å². The van der Waals surface area contributed by atoms with E-state index in [9.17, 15) is 9.18 Å². The van der Waals surface area contributed by atoms with Crippen LogP contribution in [-0.4, -0.2) is 50.9 Å². The van der Waals surface area contributed by atoms with Crippen LogP contribution >= 0.6 is 11.5 Å². The smallest absolute Gasteiger partial charge is 0.264 e. The normalized spacial score (nSPS) is 21.7. The van der Waals surface area contributed by atoms with E-state index in [1.165, 1.54) is 6.20 Å². The lowest BCUT2D eigenvalue weighted by molar-refractivity contribution is 0.0943. The van der Waals surface area contributed by atoms with Crippen LogP contribution in [0.5, 0.6) is 0 Å². The number of carbonyl (C=O) groups excluding carboxylic acids is 1. The lowest BCUT2D eigenvalue weighted by Gasteiger charge is -2.24.